The summed E-state index contributed by atoms with van der Waals surface area (Å²) in [5.41, 5.74) is 8.94. The van der Waals surface area contributed by atoms with E-state index in [0.717, 1.165) is 12.1 Å². The van der Waals surface area contributed by atoms with Gasteiger partial charge in [0.25, 0.3) is 0 Å². The number of nitrogens with two attached hydrogens (primary N) is 1. The predicted molar refractivity (Wildman–Crippen MR) is 78.6 cm³/mol. The third-order valence-electron chi connectivity index (χ3n) is 3.14. The Morgan fingerprint density at radius 2 is 2.35 bits per heavy atom. The molecule has 0 aliphatic carbocycles. The Labute approximate surface area is 127 Å². The van der Waals surface area contributed by atoms with Crippen LogP contribution in [0.5, 0.6) is 0 Å². The molecule has 1 saturated heterocycles. The van der Waals surface area contributed by atoms with Crippen LogP contribution in [-0.2, 0) is 9.47 Å². The summed E-state index contributed by atoms with van der Waals surface area (Å²) in [7, 11) is 0. The summed E-state index contributed by atoms with van der Waals surface area (Å²) in [6.45, 7) is 6.73. The van der Waals surface area contributed by atoms with Crippen LogP contribution in [0, 0.1) is 5.41 Å². The molecule has 3 N–H and O–H groups in total. The molecule has 1 fully saturated rings. The van der Waals surface area contributed by atoms with E-state index in [9.17, 15) is 4.79 Å². The molecule has 0 spiro atoms. The number of amides is 1. The quantitative estimate of drug-likeness (QED) is 0.746. The van der Waals surface area contributed by atoms with Crippen molar-refractivity contribution >= 4 is 22.0 Å². The van der Waals surface area contributed by atoms with E-state index in [1.54, 1.807) is 12.3 Å². The minimum atomic E-state index is -0.784. The van der Waals surface area contributed by atoms with Crippen molar-refractivity contribution in [1.82, 2.24) is 10.4 Å². The van der Waals surface area contributed by atoms with Gasteiger partial charge < -0.3 is 15.2 Å². The van der Waals surface area contributed by atoms with Gasteiger partial charge in [-0.05, 0) is 6.08 Å². The Balaban J connectivity index is 2.28. The maximum atomic E-state index is 11.1. The molecule has 3 atom stereocenters. The highest BCUT2D eigenvalue weighted by Gasteiger charge is 2.36. The van der Waals surface area contributed by atoms with E-state index in [4.69, 9.17) is 15.2 Å². The standard InChI is InChI=1S/C13H20BrN3O3/c1-13(2,3)10(20-12(15)18)8-4-5-19-11-9(14)6-16-17(11)7-8/h4-5,7,9-11,16H,6H2,1-3H3,(H2,15,18). The van der Waals surface area contributed by atoms with E-state index in [0.29, 0.717) is 0 Å². The van der Waals surface area contributed by atoms with Gasteiger partial charge in [0.15, 0.2) is 6.23 Å². The number of rotatable bonds is 2. The van der Waals surface area contributed by atoms with Gasteiger partial charge in [0.2, 0.25) is 0 Å². The van der Waals surface area contributed by atoms with Crippen LogP contribution in [0.3, 0.4) is 0 Å². The number of carbonyl (C=O) groups excluding carboxylic acids is 1. The molecule has 0 aromatic heterocycles. The van der Waals surface area contributed by atoms with Gasteiger partial charge in [-0.3, -0.25) is 5.01 Å². The number of primary amides is 1. The number of hydrogen-bond donors (Lipinski definition) is 2. The summed E-state index contributed by atoms with van der Waals surface area (Å²) >= 11 is 3.55. The van der Waals surface area contributed by atoms with Gasteiger partial charge in [-0.15, -0.1) is 0 Å². The maximum Gasteiger partial charge on any atom is 0.405 e. The van der Waals surface area contributed by atoms with Gasteiger partial charge in [-0.25, -0.2) is 10.2 Å². The van der Waals surface area contributed by atoms with Crippen LogP contribution >= 0.6 is 15.9 Å². The number of hydrazine groups is 1. The maximum absolute atomic E-state index is 11.1. The second-order valence-electron chi connectivity index (χ2n) is 5.93. The fourth-order valence-electron chi connectivity index (χ4n) is 2.25. The highest BCUT2D eigenvalue weighted by molar-refractivity contribution is 9.09. The number of nitrogens with zero attached hydrogens (tertiary/aromatic N) is 1. The lowest BCUT2D eigenvalue weighted by molar-refractivity contribution is 0.0371. The third kappa shape index (κ3) is 3.27. The molecule has 6 nitrogen and oxygen atoms in total. The molecule has 7 heteroatoms. The molecule has 0 aromatic carbocycles. The van der Waals surface area contributed by atoms with Crippen LogP contribution in [0.15, 0.2) is 24.1 Å². The van der Waals surface area contributed by atoms with Crippen molar-refractivity contribution in [2.75, 3.05) is 6.54 Å². The Hall–Kier alpha value is -1.21. The van der Waals surface area contributed by atoms with Crippen molar-refractivity contribution in [3.05, 3.63) is 24.1 Å². The summed E-state index contributed by atoms with van der Waals surface area (Å²) in [6, 6.07) is 0. The second kappa shape index (κ2) is 5.65. The lowest BCUT2D eigenvalue weighted by Gasteiger charge is -2.31. The SMILES string of the molecule is CC(C)(C)C(OC(N)=O)C1=CN2NCC(Br)C2OC=C1. The molecule has 3 unspecified atom stereocenters. The zero-order valence-corrected chi connectivity index (χ0v) is 13.4. The molecule has 1 amide bonds. The molecule has 0 radical (unpaired) electrons. The van der Waals surface area contributed by atoms with Crippen molar-refractivity contribution in [3.63, 3.8) is 0 Å². The van der Waals surface area contributed by atoms with Gasteiger partial charge in [0.1, 0.15) is 6.10 Å². The average molecular weight is 346 g/mol. The van der Waals surface area contributed by atoms with Crippen LogP contribution in [0.1, 0.15) is 20.8 Å². The highest BCUT2D eigenvalue weighted by atomic mass is 79.9. The van der Waals surface area contributed by atoms with Crippen LogP contribution in [0.25, 0.3) is 0 Å². The third-order valence-corrected chi connectivity index (χ3v) is 3.92. The van der Waals surface area contributed by atoms with E-state index < -0.39 is 12.2 Å². The summed E-state index contributed by atoms with van der Waals surface area (Å²) in [4.78, 5) is 11.3. The topological polar surface area (TPSA) is 76.8 Å². The first kappa shape index (κ1) is 15.2. The molecule has 2 heterocycles. The molecule has 0 saturated carbocycles. The normalized spacial score (nSPS) is 27.2. The predicted octanol–water partition coefficient (Wildman–Crippen LogP) is 1.83. The lowest BCUT2D eigenvalue weighted by atomic mass is 9.84. The molecule has 2 aliphatic heterocycles. The number of hydrogen-bond acceptors (Lipinski definition) is 5. The van der Waals surface area contributed by atoms with E-state index in [1.807, 2.05) is 32.0 Å². The summed E-state index contributed by atoms with van der Waals surface area (Å²) in [5.74, 6) is 0. The molecule has 112 valence electrons. The van der Waals surface area contributed by atoms with E-state index >= 15 is 0 Å². The minimum absolute atomic E-state index is 0.127. The molecular weight excluding hydrogens is 326 g/mol. The zero-order chi connectivity index (χ0) is 14.9. The van der Waals surface area contributed by atoms with E-state index in [-0.39, 0.29) is 16.5 Å². The minimum Gasteiger partial charge on any atom is -0.476 e. The van der Waals surface area contributed by atoms with Crippen molar-refractivity contribution < 1.29 is 14.3 Å². The zero-order valence-electron chi connectivity index (χ0n) is 11.8. The van der Waals surface area contributed by atoms with Crippen LogP contribution in [0.2, 0.25) is 0 Å². The average Bonchev–Trinajstić information content (AvgIpc) is 2.57. The van der Waals surface area contributed by atoms with Crippen LogP contribution < -0.4 is 11.2 Å². The first-order chi connectivity index (χ1) is 9.29. The molecular formula is C13H20BrN3O3. The number of alkyl halides is 1. The van der Waals surface area contributed by atoms with Gasteiger partial charge in [0.05, 0.1) is 11.1 Å². The molecule has 0 bridgehead atoms. The molecule has 20 heavy (non-hydrogen) atoms. The molecule has 2 rings (SSSR count). The van der Waals surface area contributed by atoms with E-state index in [1.165, 1.54) is 0 Å². The summed E-state index contributed by atoms with van der Waals surface area (Å²) in [5, 5.41) is 1.87. The Morgan fingerprint density at radius 1 is 1.65 bits per heavy atom. The van der Waals surface area contributed by atoms with Crippen molar-refractivity contribution in [2.24, 2.45) is 11.1 Å². The number of halogens is 1. The van der Waals surface area contributed by atoms with Crippen LogP contribution in [0.4, 0.5) is 4.79 Å². The van der Waals surface area contributed by atoms with Gasteiger partial charge in [-0.1, -0.05) is 36.7 Å². The molecule has 2 aliphatic rings. The van der Waals surface area contributed by atoms with Crippen molar-refractivity contribution in [3.8, 4) is 0 Å². The Kier molecular flexibility index (Phi) is 4.29. The first-order valence-corrected chi connectivity index (χ1v) is 7.36. The number of carbonyl (C=O) groups is 1. The number of nitrogens with one attached hydrogen (secondary N) is 1. The second-order valence-corrected chi connectivity index (χ2v) is 7.10. The highest BCUT2D eigenvalue weighted by Crippen LogP contribution is 2.31. The molecule has 0 aromatic rings. The smallest absolute Gasteiger partial charge is 0.405 e. The van der Waals surface area contributed by atoms with Crippen LogP contribution in [-0.4, -0.2) is 34.8 Å². The fourth-order valence-corrected chi connectivity index (χ4v) is 2.77. The number of fused-ring (bicyclic) bond motifs is 1. The van der Waals surface area contributed by atoms with E-state index in [2.05, 4.69) is 21.4 Å². The van der Waals surface area contributed by atoms with Crippen molar-refractivity contribution in [2.45, 2.75) is 37.9 Å². The monoisotopic (exact) mass is 345 g/mol. The number of ether oxygens (including phenoxy) is 2. The largest absolute Gasteiger partial charge is 0.476 e. The van der Waals surface area contributed by atoms with Gasteiger partial charge >= 0.3 is 6.09 Å². The summed E-state index contributed by atoms with van der Waals surface area (Å²) in [6.07, 6.45) is 3.97. The first-order valence-electron chi connectivity index (χ1n) is 6.45. The fraction of sp³-hybridized carbons (Fsp3) is 0.615. The Bertz CT molecular complexity index is 445. The van der Waals surface area contributed by atoms with Gasteiger partial charge in [-0.2, -0.15) is 0 Å². The van der Waals surface area contributed by atoms with Crippen molar-refractivity contribution in [1.29, 1.82) is 0 Å². The van der Waals surface area contributed by atoms with Gasteiger partial charge in [0, 0.05) is 23.7 Å². The Morgan fingerprint density at radius 3 is 2.95 bits per heavy atom. The summed E-state index contributed by atoms with van der Waals surface area (Å²) < 4.78 is 10.9. The lowest BCUT2D eigenvalue weighted by Crippen LogP contribution is -2.38.